The Hall–Kier alpha value is -1.66. The van der Waals surface area contributed by atoms with Crippen molar-refractivity contribution in [3.8, 4) is 0 Å². The Morgan fingerprint density at radius 3 is 2.40 bits per heavy atom. The van der Waals surface area contributed by atoms with Crippen molar-refractivity contribution in [2.45, 2.75) is 26.1 Å². The van der Waals surface area contributed by atoms with E-state index >= 15 is 0 Å². The number of rotatable bonds is 5. The third-order valence-corrected chi connectivity index (χ3v) is 5.01. The minimum atomic E-state index is -3.36. The van der Waals surface area contributed by atoms with Gasteiger partial charge in [-0.05, 0) is 19.4 Å². The highest BCUT2D eigenvalue weighted by Crippen LogP contribution is 2.17. The fourth-order valence-corrected chi connectivity index (χ4v) is 3.10. The summed E-state index contributed by atoms with van der Waals surface area (Å²) in [5.74, 6) is 0.650. The zero-order valence-corrected chi connectivity index (χ0v) is 12.6. The van der Waals surface area contributed by atoms with E-state index in [0.717, 1.165) is 16.8 Å². The van der Waals surface area contributed by atoms with Gasteiger partial charge in [-0.15, -0.1) is 0 Å². The molecule has 5 nitrogen and oxygen atoms in total. The Labute approximate surface area is 119 Å². The van der Waals surface area contributed by atoms with Crippen molar-refractivity contribution >= 4 is 10.0 Å². The molecule has 2 rings (SSSR count). The number of aryl methyl sites for hydroxylation is 2. The Morgan fingerprint density at radius 1 is 1.20 bits per heavy atom. The van der Waals surface area contributed by atoms with Gasteiger partial charge in [0.2, 0.25) is 10.0 Å². The quantitative estimate of drug-likeness (QED) is 0.848. The molecular weight excluding hydrogens is 276 g/mol. The molecule has 0 aliphatic rings. The number of benzene rings is 1. The lowest BCUT2D eigenvalue weighted by molar-refractivity contribution is 0.390. The van der Waals surface area contributed by atoms with Crippen LogP contribution in [0.25, 0.3) is 0 Å². The van der Waals surface area contributed by atoms with E-state index in [9.17, 15) is 8.42 Å². The van der Waals surface area contributed by atoms with Crippen LogP contribution in [-0.2, 0) is 22.3 Å². The second-order valence-electron chi connectivity index (χ2n) is 4.80. The first-order valence-electron chi connectivity index (χ1n) is 6.30. The summed E-state index contributed by atoms with van der Waals surface area (Å²) >= 11 is 0. The fraction of sp³-hybridized carbons (Fsp3) is 0.357. The van der Waals surface area contributed by atoms with Crippen molar-refractivity contribution in [2.75, 3.05) is 7.05 Å². The van der Waals surface area contributed by atoms with E-state index in [1.54, 1.807) is 26.1 Å². The predicted octanol–water partition coefficient (Wildman–Crippen LogP) is 2.25. The summed E-state index contributed by atoms with van der Waals surface area (Å²) in [6.07, 6.45) is 0. The average Bonchev–Trinajstić information content (AvgIpc) is 2.71. The van der Waals surface area contributed by atoms with Crippen LogP contribution in [-0.4, -0.2) is 24.9 Å². The number of hydrogen-bond donors (Lipinski definition) is 0. The fourth-order valence-electron chi connectivity index (χ4n) is 1.94. The summed E-state index contributed by atoms with van der Waals surface area (Å²) in [5, 5.41) is 3.84. The zero-order valence-electron chi connectivity index (χ0n) is 11.8. The predicted molar refractivity (Wildman–Crippen MR) is 76.5 cm³/mol. The van der Waals surface area contributed by atoms with Crippen LogP contribution in [0.2, 0.25) is 0 Å². The van der Waals surface area contributed by atoms with Crippen molar-refractivity contribution in [2.24, 2.45) is 0 Å². The largest absolute Gasteiger partial charge is 0.361 e. The maximum absolute atomic E-state index is 12.3. The second kappa shape index (κ2) is 5.76. The molecule has 6 heteroatoms. The van der Waals surface area contributed by atoms with Crippen molar-refractivity contribution in [1.82, 2.24) is 9.46 Å². The van der Waals surface area contributed by atoms with E-state index < -0.39 is 10.0 Å². The number of nitrogens with zero attached hydrogens (tertiary/aromatic N) is 2. The third-order valence-electron chi connectivity index (χ3n) is 3.23. The molecule has 0 N–H and O–H groups in total. The van der Waals surface area contributed by atoms with Gasteiger partial charge in [-0.2, -0.15) is 0 Å². The SMILES string of the molecule is Cc1noc(C)c1CN(C)S(=O)(=O)Cc1ccccc1. The summed E-state index contributed by atoms with van der Waals surface area (Å²) in [6, 6.07) is 9.14. The van der Waals surface area contributed by atoms with Crippen LogP contribution in [0.3, 0.4) is 0 Å². The maximum Gasteiger partial charge on any atom is 0.218 e. The van der Waals surface area contributed by atoms with E-state index in [1.165, 1.54) is 4.31 Å². The summed E-state index contributed by atoms with van der Waals surface area (Å²) in [5.41, 5.74) is 2.33. The van der Waals surface area contributed by atoms with Gasteiger partial charge in [0.25, 0.3) is 0 Å². The summed E-state index contributed by atoms with van der Waals surface area (Å²) in [4.78, 5) is 0. The molecule has 0 aliphatic carbocycles. The van der Waals surface area contributed by atoms with Gasteiger partial charge >= 0.3 is 0 Å². The molecule has 0 saturated carbocycles. The molecule has 1 heterocycles. The molecule has 108 valence electrons. The second-order valence-corrected chi connectivity index (χ2v) is 6.88. The molecule has 0 atom stereocenters. The lowest BCUT2D eigenvalue weighted by Gasteiger charge is -2.17. The standard InChI is InChI=1S/C14H18N2O3S/c1-11-14(12(2)19-15-11)9-16(3)20(17,18)10-13-7-5-4-6-8-13/h4-8H,9-10H2,1-3H3. The lowest BCUT2D eigenvalue weighted by atomic mass is 10.2. The molecule has 1 aromatic heterocycles. The van der Waals surface area contributed by atoms with Crippen molar-refractivity contribution in [3.05, 3.63) is 52.9 Å². The highest BCUT2D eigenvalue weighted by Gasteiger charge is 2.21. The van der Waals surface area contributed by atoms with Crippen LogP contribution < -0.4 is 0 Å². The van der Waals surface area contributed by atoms with E-state index in [4.69, 9.17) is 4.52 Å². The molecule has 0 bridgehead atoms. The van der Waals surface area contributed by atoms with Gasteiger partial charge in [-0.3, -0.25) is 0 Å². The molecule has 0 saturated heterocycles. The van der Waals surface area contributed by atoms with Crippen molar-refractivity contribution < 1.29 is 12.9 Å². The van der Waals surface area contributed by atoms with E-state index in [1.807, 2.05) is 25.1 Å². The highest BCUT2D eigenvalue weighted by atomic mass is 32.2. The van der Waals surface area contributed by atoms with Crippen LogP contribution >= 0.6 is 0 Å². The van der Waals surface area contributed by atoms with Gasteiger partial charge in [0.15, 0.2) is 0 Å². The molecule has 2 aromatic rings. The van der Waals surface area contributed by atoms with Gasteiger partial charge in [0, 0.05) is 19.2 Å². The lowest BCUT2D eigenvalue weighted by Crippen LogP contribution is -2.28. The molecule has 0 amide bonds. The van der Waals surface area contributed by atoms with Gasteiger partial charge in [-0.25, -0.2) is 12.7 Å². The summed E-state index contributed by atoms with van der Waals surface area (Å²) in [7, 11) is -1.79. The van der Waals surface area contributed by atoms with Crippen LogP contribution in [0, 0.1) is 13.8 Å². The van der Waals surface area contributed by atoms with E-state index in [-0.39, 0.29) is 12.3 Å². The molecule has 0 radical (unpaired) electrons. The summed E-state index contributed by atoms with van der Waals surface area (Å²) < 4.78 is 31.0. The Balaban J connectivity index is 2.14. The Bertz CT molecular complexity index is 658. The number of sulfonamides is 1. The molecule has 0 aliphatic heterocycles. The molecule has 1 aromatic carbocycles. The van der Waals surface area contributed by atoms with Gasteiger partial charge < -0.3 is 4.52 Å². The Morgan fingerprint density at radius 2 is 1.85 bits per heavy atom. The zero-order chi connectivity index (χ0) is 14.8. The minimum absolute atomic E-state index is 0.00623. The first kappa shape index (κ1) is 14.7. The van der Waals surface area contributed by atoms with Crippen molar-refractivity contribution in [1.29, 1.82) is 0 Å². The highest BCUT2D eigenvalue weighted by molar-refractivity contribution is 7.88. The number of hydrogen-bond acceptors (Lipinski definition) is 4. The molecule has 0 unspecified atom stereocenters. The van der Waals surface area contributed by atoms with Gasteiger partial charge in [-0.1, -0.05) is 35.5 Å². The van der Waals surface area contributed by atoms with E-state index in [2.05, 4.69) is 5.16 Å². The van der Waals surface area contributed by atoms with Crippen LogP contribution in [0.1, 0.15) is 22.6 Å². The van der Waals surface area contributed by atoms with Crippen LogP contribution in [0.5, 0.6) is 0 Å². The average molecular weight is 294 g/mol. The van der Waals surface area contributed by atoms with Gasteiger partial charge in [0.05, 0.1) is 11.4 Å². The van der Waals surface area contributed by atoms with Crippen LogP contribution in [0.15, 0.2) is 34.9 Å². The van der Waals surface area contributed by atoms with Gasteiger partial charge in [0.1, 0.15) is 5.76 Å². The Kier molecular flexibility index (Phi) is 4.25. The monoisotopic (exact) mass is 294 g/mol. The van der Waals surface area contributed by atoms with Crippen molar-refractivity contribution in [3.63, 3.8) is 0 Å². The number of aromatic nitrogens is 1. The topological polar surface area (TPSA) is 63.4 Å². The summed E-state index contributed by atoms with van der Waals surface area (Å²) in [6.45, 7) is 3.87. The first-order valence-corrected chi connectivity index (χ1v) is 7.91. The third kappa shape index (κ3) is 3.26. The molecule has 20 heavy (non-hydrogen) atoms. The molecule has 0 spiro atoms. The van der Waals surface area contributed by atoms with Crippen LogP contribution in [0.4, 0.5) is 0 Å². The van der Waals surface area contributed by atoms with E-state index in [0.29, 0.717) is 5.76 Å². The molecular formula is C14H18N2O3S. The maximum atomic E-state index is 12.3. The smallest absolute Gasteiger partial charge is 0.218 e. The minimum Gasteiger partial charge on any atom is -0.361 e. The molecule has 0 fully saturated rings. The normalized spacial score (nSPS) is 12.0. The first-order chi connectivity index (χ1) is 9.40.